The van der Waals surface area contributed by atoms with E-state index in [0.717, 1.165) is 0 Å². The van der Waals surface area contributed by atoms with Crippen LogP contribution < -0.4 is 5.32 Å². The topological polar surface area (TPSA) is 89.8 Å². The Morgan fingerprint density at radius 1 is 1.05 bits per heavy atom. The number of phenols is 3. The molecule has 19 heavy (non-hydrogen) atoms. The van der Waals surface area contributed by atoms with Gasteiger partial charge in [0, 0.05) is 5.69 Å². The molecule has 0 aliphatic heterocycles. The molecule has 5 heteroatoms. The number of carbonyl (C=O) groups excluding carboxylic acids is 1. The molecule has 0 aliphatic carbocycles. The molecule has 0 saturated carbocycles. The summed E-state index contributed by atoms with van der Waals surface area (Å²) in [7, 11) is 0. The van der Waals surface area contributed by atoms with Crippen LogP contribution in [0.3, 0.4) is 0 Å². The van der Waals surface area contributed by atoms with Crippen molar-refractivity contribution in [3.05, 3.63) is 47.5 Å². The summed E-state index contributed by atoms with van der Waals surface area (Å²) < 4.78 is 0. The molecule has 0 radical (unpaired) electrons. The fourth-order valence-electron chi connectivity index (χ4n) is 1.73. The third-order valence-electron chi connectivity index (χ3n) is 2.71. The van der Waals surface area contributed by atoms with Crippen molar-refractivity contribution in [1.82, 2.24) is 0 Å². The molecule has 0 atom stereocenters. The highest BCUT2D eigenvalue weighted by Gasteiger charge is 2.16. The Bertz CT molecular complexity index is 617. The summed E-state index contributed by atoms with van der Waals surface area (Å²) in [5.74, 6) is -1.12. The van der Waals surface area contributed by atoms with Gasteiger partial charge in [-0.3, -0.25) is 4.79 Å². The fourth-order valence-corrected chi connectivity index (χ4v) is 1.73. The summed E-state index contributed by atoms with van der Waals surface area (Å²) in [4.78, 5) is 12.0. The van der Waals surface area contributed by atoms with E-state index >= 15 is 0 Å². The highest BCUT2D eigenvalue weighted by Crippen LogP contribution is 2.28. The van der Waals surface area contributed by atoms with E-state index in [9.17, 15) is 20.1 Å². The molecule has 0 aromatic heterocycles. The molecule has 5 nitrogen and oxygen atoms in total. The summed E-state index contributed by atoms with van der Waals surface area (Å²) >= 11 is 0. The minimum atomic E-state index is -0.621. The molecule has 0 fully saturated rings. The number of amides is 1. The van der Waals surface area contributed by atoms with E-state index in [0.29, 0.717) is 11.3 Å². The molecule has 0 saturated heterocycles. The third-order valence-corrected chi connectivity index (χ3v) is 2.71. The van der Waals surface area contributed by atoms with Crippen molar-refractivity contribution in [1.29, 1.82) is 0 Å². The number of benzene rings is 2. The second kappa shape index (κ2) is 4.89. The van der Waals surface area contributed by atoms with Crippen LogP contribution in [-0.2, 0) is 0 Å². The number of aryl methyl sites for hydroxylation is 1. The molecular formula is C14H13NO4. The van der Waals surface area contributed by atoms with Gasteiger partial charge in [-0.25, -0.2) is 0 Å². The zero-order valence-electron chi connectivity index (χ0n) is 10.2. The van der Waals surface area contributed by atoms with Crippen molar-refractivity contribution in [3.8, 4) is 17.2 Å². The lowest BCUT2D eigenvalue weighted by Gasteiger charge is -2.10. The van der Waals surface area contributed by atoms with Crippen LogP contribution in [-0.4, -0.2) is 21.2 Å². The number of hydrogen-bond donors (Lipinski definition) is 4. The number of carbonyl (C=O) groups is 1. The van der Waals surface area contributed by atoms with Crippen molar-refractivity contribution in [2.75, 3.05) is 5.32 Å². The second-order valence-electron chi connectivity index (χ2n) is 4.12. The number of phenolic OH excluding ortho intramolecular Hbond substituents is 3. The summed E-state index contributed by atoms with van der Waals surface area (Å²) in [5, 5.41) is 31.0. The summed E-state index contributed by atoms with van der Waals surface area (Å²) in [5.41, 5.74) is 0.976. The van der Waals surface area contributed by atoms with Gasteiger partial charge in [0.25, 0.3) is 5.91 Å². The molecule has 0 unspecified atom stereocenters. The summed E-state index contributed by atoms with van der Waals surface area (Å²) in [6.45, 7) is 1.72. The first-order chi connectivity index (χ1) is 8.99. The van der Waals surface area contributed by atoms with Gasteiger partial charge in [-0.15, -0.1) is 0 Å². The van der Waals surface area contributed by atoms with Gasteiger partial charge >= 0.3 is 0 Å². The molecule has 4 N–H and O–H groups in total. The molecular weight excluding hydrogens is 246 g/mol. The maximum Gasteiger partial charge on any atom is 0.263 e. The molecule has 2 rings (SSSR count). The number of anilines is 1. The van der Waals surface area contributed by atoms with Crippen LogP contribution in [0.25, 0.3) is 0 Å². The molecule has 0 spiro atoms. The zero-order chi connectivity index (χ0) is 14.0. The van der Waals surface area contributed by atoms with Gasteiger partial charge in [-0.1, -0.05) is 6.07 Å². The van der Waals surface area contributed by atoms with E-state index in [2.05, 4.69) is 5.32 Å². The predicted octanol–water partition coefficient (Wildman–Crippen LogP) is 2.36. The lowest BCUT2D eigenvalue weighted by Crippen LogP contribution is -2.13. The van der Waals surface area contributed by atoms with E-state index in [-0.39, 0.29) is 22.8 Å². The van der Waals surface area contributed by atoms with E-state index in [4.69, 9.17) is 0 Å². The standard InChI is InChI=1S/C14H13NO4/c1-8-7-9(16)5-6-10(8)15-14(19)13-11(17)3-2-4-12(13)18/h2-7,16-18H,1H3,(H,15,19). The van der Waals surface area contributed by atoms with Crippen LogP contribution >= 0.6 is 0 Å². The number of rotatable bonds is 2. The number of nitrogens with one attached hydrogen (secondary N) is 1. The van der Waals surface area contributed by atoms with Crippen LogP contribution in [0.5, 0.6) is 17.2 Å². The Morgan fingerprint density at radius 2 is 1.68 bits per heavy atom. The van der Waals surface area contributed by atoms with Crippen molar-refractivity contribution in [3.63, 3.8) is 0 Å². The highest BCUT2D eigenvalue weighted by molar-refractivity contribution is 6.08. The van der Waals surface area contributed by atoms with Crippen molar-refractivity contribution in [2.24, 2.45) is 0 Å². The third kappa shape index (κ3) is 2.60. The quantitative estimate of drug-likeness (QED) is 0.623. The Kier molecular flexibility index (Phi) is 3.29. The van der Waals surface area contributed by atoms with Crippen LogP contribution in [0.15, 0.2) is 36.4 Å². The minimum Gasteiger partial charge on any atom is -0.508 e. The lowest BCUT2D eigenvalue weighted by molar-refractivity contribution is 0.102. The molecule has 0 bridgehead atoms. The molecule has 2 aromatic rings. The van der Waals surface area contributed by atoms with Crippen molar-refractivity contribution in [2.45, 2.75) is 6.92 Å². The van der Waals surface area contributed by atoms with E-state index in [1.54, 1.807) is 13.0 Å². The number of hydrogen-bond acceptors (Lipinski definition) is 4. The Balaban J connectivity index is 2.31. The summed E-state index contributed by atoms with van der Waals surface area (Å²) in [6.07, 6.45) is 0. The SMILES string of the molecule is Cc1cc(O)ccc1NC(=O)c1c(O)cccc1O. The Hall–Kier alpha value is -2.69. The lowest BCUT2D eigenvalue weighted by atomic mass is 10.1. The molecule has 0 heterocycles. The second-order valence-corrected chi connectivity index (χ2v) is 4.12. The Morgan fingerprint density at radius 3 is 2.26 bits per heavy atom. The first-order valence-corrected chi connectivity index (χ1v) is 5.61. The van der Waals surface area contributed by atoms with Crippen LogP contribution in [0.1, 0.15) is 15.9 Å². The van der Waals surface area contributed by atoms with E-state index in [1.807, 2.05) is 0 Å². The van der Waals surface area contributed by atoms with Crippen LogP contribution in [0.2, 0.25) is 0 Å². The normalized spacial score (nSPS) is 10.2. The maximum atomic E-state index is 12.0. The number of aromatic hydroxyl groups is 3. The van der Waals surface area contributed by atoms with Gasteiger partial charge in [0.15, 0.2) is 0 Å². The maximum absolute atomic E-state index is 12.0. The fraction of sp³-hybridized carbons (Fsp3) is 0.0714. The highest BCUT2D eigenvalue weighted by atomic mass is 16.3. The van der Waals surface area contributed by atoms with E-state index in [1.165, 1.54) is 30.3 Å². The smallest absolute Gasteiger partial charge is 0.263 e. The average molecular weight is 259 g/mol. The summed E-state index contributed by atoms with van der Waals surface area (Å²) in [6, 6.07) is 8.55. The van der Waals surface area contributed by atoms with Gasteiger partial charge in [0.05, 0.1) is 0 Å². The first-order valence-electron chi connectivity index (χ1n) is 5.61. The minimum absolute atomic E-state index is 0.0981. The molecule has 98 valence electrons. The van der Waals surface area contributed by atoms with Crippen LogP contribution in [0.4, 0.5) is 5.69 Å². The van der Waals surface area contributed by atoms with Crippen LogP contribution in [0, 0.1) is 6.92 Å². The van der Waals surface area contributed by atoms with Gasteiger partial charge in [-0.05, 0) is 42.8 Å². The van der Waals surface area contributed by atoms with Gasteiger partial charge in [0.2, 0.25) is 0 Å². The average Bonchev–Trinajstić information content (AvgIpc) is 2.32. The predicted molar refractivity (Wildman–Crippen MR) is 70.6 cm³/mol. The Labute approximate surface area is 109 Å². The first kappa shape index (κ1) is 12.8. The van der Waals surface area contributed by atoms with Gasteiger partial charge < -0.3 is 20.6 Å². The largest absolute Gasteiger partial charge is 0.508 e. The monoisotopic (exact) mass is 259 g/mol. The molecule has 2 aromatic carbocycles. The van der Waals surface area contributed by atoms with Gasteiger partial charge in [0.1, 0.15) is 22.8 Å². The zero-order valence-corrected chi connectivity index (χ0v) is 10.2. The molecule has 1 amide bonds. The van der Waals surface area contributed by atoms with Crippen molar-refractivity contribution < 1.29 is 20.1 Å². The van der Waals surface area contributed by atoms with Crippen molar-refractivity contribution >= 4 is 11.6 Å². The van der Waals surface area contributed by atoms with E-state index < -0.39 is 5.91 Å². The van der Waals surface area contributed by atoms with Gasteiger partial charge in [-0.2, -0.15) is 0 Å². The molecule has 0 aliphatic rings.